The number of aryl methyl sites for hydroxylation is 2. The Hall–Kier alpha value is -3.11. The molecular weight excluding hydrogens is 408 g/mol. The van der Waals surface area contributed by atoms with Crippen LogP contribution in [-0.4, -0.2) is 33.9 Å². The van der Waals surface area contributed by atoms with Gasteiger partial charge in [0.15, 0.2) is 0 Å². The van der Waals surface area contributed by atoms with Crippen molar-refractivity contribution in [3.63, 3.8) is 0 Å². The van der Waals surface area contributed by atoms with Gasteiger partial charge in [-0.3, -0.25) is 10.1 Å². The van der Waals surface area contributed by atoms with Crippen LogP contribution in [0.1, 0.15) is 29.9 Å². The molecule has 10 heteroatoms. The van der Waals surface area contributed by atoms with Gasteiger partial charge < -0.3 is 4.42 Å². The summed E-state index contributed by atoms with van der Waals surface area (Å²) >= 11 is 0. The van der Waals surface area contributed by atoms with Crippen molar-refractivity contribution in [1.29, 1.82) is 0 Å². The van der Waals surface area contributed by atoms with E-state index in [0.717, 1.165) is 18.4 Å². The maximum Gasteiger partial charge on any atom is 0.270 e. The molecule has 1 saturated carbocycles. The van der Waals surface area contributed by atoms with Gasteiger partial charge >= 0.3 is 0 Å². The Bertz CT molecular complexity index is 1220. The Morgan fingerprint density at radius 3 is 2.63 bits per heavy atom. The lowest BCUT2D eigenvalue weighted by Gasteiger charge is -2.21. The van der Waals surface area contributed by atoms with Gasteiger partial charge in [0.2, 0.25) is 21.8 Å². The quantitative estimate of drug-likeness (QED) is 0.416. The topological polar surface area (TPSA) is 119 Å². The van der Waals surface area contributed by atoms with Gasteiger partial charge in [-0.15, -0.1) is 10.2 Å². The largest absolute Gasteiger partial charge is 0.419 e. The highest BCUT2D eigenvalue weighted by atomic mass is 32.2. The molecule has 0 saturated heterocycles. The minimum atomic E-state index is -3.75. The van der Waals surface area contributed by atoms with E-state index in [-0.39, 0.29) is 35.0 Å². The van der Waals surface area contributed by atoms with E-state index in [1.165, 1.54) is 22.5 Å². The van der Waals surface area contributed by atoms with Crippen molar-refractivity contribution in [2.45, 2.75) is 44.2 Å². The molecule has 1 fully saturated rings. The van der Waals surface area contributed by atoms with Gasteiger partial charge in [-0.05, 0) is 49.9 Å². The highest BCUT2D eigenvalue weighted by Gasteiger charge is 2.39. The van der Waals surface area contributed by atoms with Crippen molar-refractivity contribution in [3.8, 4) is 11.5 Å². The molecule has 9 nitrogen and oxygen atoms in total. The zero-order chi connectivity index (χ0) is 21.5. The first-order chi connectivity index (χ1) is 14.3. The van der Waals surface area contributed by atoms with E-state index in [0.29, 0.717) is 11.1 Å². The van der Waals surface area contributed by atoms with E-state index in [1.807, 2.05) is 13.0 Å². The standard InChI is InChI=1S/C20H20N4O5S/c1-13-6-7-14(2)18(10-13)30(27,28)23(16-8-9-16)12-19-21-22-20(29-19)15-4-3-5-17(11-15)24(25)26/h3-7,10-11,16H,8-9,12H2,1-2H3. The van der Waals surface area contributed by atoms with Crippen molar-refractivity contribution in [2.75, 3.05) is 0 Å². The first kappa shape index (κ1) is 20.2. The van der Waals surface area contributed by atoms with Crippen LogP contribution in [-0.2, 0) is 16.6 Å². The van der Waals surface area contributed by atoms with Crippen LogP contribution in [0.5, 0.6) is 0 Å². The second-order valence-corrected chi connectivity index (χ2v) is 9.22. The zero-order valence-corrected chi connectivity index (χ0v) is 17.3. The first-order valence-corrected chi connectivity index (χ1v) is 10.9. The minimum absolute atomic E-state index is 0.0533. The number of non-ortho nitro benzene ring substituents is 1. The number of nitro benzene ring substituents is 1. The molecule has 1 heterocycles. The molecule has 0 unspecified atom stereocenters. The Labute approximate surface area is 173 Å². The number of benzene rings is 2. The summed E-state index contributed by atoms with van der Waals surface area (Å²) in [5, 5.41) is 18.9. The Morgan fingerprint density at radius 1 is 1.17 bits per heavy atom. The third-order valence-corrected chi connectivity index (χ3v) is 6.99. The van der Waals surface area contributed by atoms with Gasteiger partial charge in [-0.1, -0.05) is 18.2 Å². The summed E-state index contributed by atoms with van der Waals surface area (Å²) in [6, 6.07) is 11.1. The summed E-state index contributed by atoms with van der Waals surface area (Å²) in [4.78, 5) is 10.7. The molecule has 1 aromatic heterocycles. The van der Waals surface area contributed by atoms with Crippen molar-refractivity contribution in [3.05, 3.63) is 69.6 Å². The predicted octanol–water partition coefficient (Wildman–Crippen LogP) is 3.61. The predicted molar refractivity (Wildman–Crippen MR) is 108 cm³/mol. The highest BCUT2D eigenvalue weighted by Crippen LogP contribution is 2.35. The summed E-state index contributed by atoms with van der Waals surface area (Å²) in [5.74, 6) is 0.242. The fourth-order valence-electron chi connectivity index (χ4n) is 3.20. The second kappa shape index (κ2) is 7.62. The van der Waals surface area contributed by atoms with E-state index >= 15 is 0 Å². The number of hydrogen-bond donors (Lipinski definition) is 0. The lowest BCUT2D eigenvalue weighted by atomic mass is 10.2. The lowest BCUT2D eigenvalue weighted by molar-refractivity contribution is -0.384. The molecule has 1 aliphatic rings. The third kappa shape index (κ3) is 3.96. The average Bonchev–Trinajstić information content (AvgIpc) is 3.44. The summed E-state index contributed by atoms with van der Waals surface area (Å²) in [6.07, 6.45) is 1.55. The maximum absolute atomic E-state index is 13.3. The zero-order valence-electron chi connectivity index (χ0n) is 16.5. The Balaban J connectivity index is 1.63. The van der Waals surface area contributed by atoms with E-state index < -0.39 is 14.9 Å². The number of sulfonamides is 1. The lowest BCUT2D eigenvalue weighted by Crippen LogP contribution is -2.33. The average molecular weight is 428 g/mol. The number of aromatic nitrogens is 2. The van der Waals surface area contributed by atoms with E-state index in [1.54, 1.807) is 25.1 Å². The van der Waals surface area contributed by atoms with Crippen LogP contribution < -0.4 is 0 Å². The fraction of sp³-hybridized carbons (Fsp3) is 0.300. The van der Waals surface area contributed by atoms with Gasteiger partial charge in [0, 0.05) is 23.7 Å². The number of hydrogen-bond acceptors (Lipinski definition) is 7. The van der Waals surface area contributed by atoms with Gasteiger partial charge in [0.05, 0.1) is 16.4 Å². The third-order valence-electron chi connectivity index (χ3n) is 4.95. The van der Waals surface area contributed by atoms with Crippen molar-refractivity contribution in [2.24, 2.45) is 0 Å². The van der Waals surface area contributed by atoms with E-state index in [9.17, 15) is 18.5 Å². The fourth-order valence-corrected chi connectivity index (χ4v) is 5.15. The van der Waals surface area contributed by atoms with Crippen LogP contribution in [0.2, 0.25) is 0 Å². The van der Waals surface area contributed by atoms with Crippen molar-refractivity contribution >= 4 is 15.7 Å². The maximum atomic E-state index is 13.3. The summed E-state index contributed by atoms with van der Waals surface area (Å²) < 4.78 is 33.7. The number of nitro groups is 1. The molecule has 0 radical (unpaired) electrons. The molecular formula is C20H20N4O5S. The summed E-state index contributed by atoms with van der Waals surface area (Å²) in [6.45, 7) is 3.57. The smallest absolute Gasteiger partial charge is 0.270 e. The molecule has 1 aliphatic carbocycles. The molecule has 2 aromatic carbocycles. The molecule has 30 heavy (non-hydrogen) atoms. The summed E-state index contributed by atoms with van der Waals surface area (Å²) in [5.41, 5.74) is 1.84. The van der Waals surface area contributed by atoms with Gasteiger partial charge in [0.25, 0.3) is 5.69 Å². The molecule has 0 N–H and O–H groups in total. The van der Waals surface area contributed by atoms with Crippen molar-refractivity contribution < 1.29 is 17.8 Å². The van der Waals surface area contributed by atoms with E-state index in [2.05, 4.69) is 10.2 Å². The first-order valence-electron chi connectivity index (χ1n) is 9.42. The Kier molecular flexibility index (Phi) is 5.12. The van der Waals surface area contributed by atoms with Crippen molar-refractivity contribution in [1.82, 2.24) is 14.5 Å². The molecule has 4 rings (SSSR count). The molecule has 156 valence electrons. The molecule has 0 aliphatic heterocycles. The van der Waals surface area contributed by atoms with Crippen LogP contribution in [0.3, 0.4) is 0 Å². The van der Waals surface area contributed by atoms with E-state index in [4.69, 9.17) is 4.42 Å². The molecule has 0 spiro atoms. The van der Waals surface area contributed by atoms with Gasteiger partial charge in [-0.25, -0.2) is 8.42 Å². The molecule has 3 aromatic rings. The molecule has 0 atom stereocenters. The van der Waals surface area contributed by atoms with Crippen LogP contribution in [0.4, 0.5) is 5.69 Å². The number of nitrogens with zero attached hydrogens (tertiary/aromatic N) is 4. The molecule has 0 bridgehead atoms. The van der Waals surface area contributed by atoms with Gasteiger partial charge in [-0.2, -0.15) is 4.31 Å². The van der Waals surface area contributed by atoms with Gasteiger partial charge in [0.1, 0.15) is 0 Å². The van der Waals surface area contributed by atoms with Crippen LogP contribution in [0, 0.1) is 24.0 Å². The van der Waals surface area contributed by atoms with Crippen LogP contribution in [0.15, 0.2) is 51.8 Å². The summed E-state index contributed by atoms with van der Waals surface area (Å²) in [7, 11) is -3.75. The second-order valence-electron chi connectivity index (χ2n) is 7.36. The number of rotatable bonds is 7. The van der Waals surface area contributed by atoms with Crippen LogP contribution in [0.25, 0.3) is 11.5 Å². The van der Waals surface area contributed by atoms with Crippen LogP contribution >= 0.6 is 0 Å². The monoisotopic (exact) mass is 428 g/mol. The highest BCUT2D eigenvalue weighted by molar-refractivity contribution is 7.89. The SMILES string of the molecule is Cc1ccc(C)c(S(=O)(=O)N(Cc2nnc(-c3cccc([N+](=O)[O-])c3)o2)C2CC2)c1. The normalized spacial score (nSPS) is 14.2. The minimum Gasteiger partial charge on any atom is -0.419 e. The Morgan fingerprint density at radius 2 is 1.93 bits per heavy atom. The molecule has 0 amide bonds.